The molecule has 6 heteroatoms. The van der Waals surface area contributed by atoms with Gasteiger partial charge in [0.15, 0.2) is 6.10 Å². The molecule has 2 aliphatic rings. The number of carbonyl (C=O) groups excluding carboxylic acids is 2. The van der Waals surface area contributed by atoms with E-state index in [4.69, 9.17) is 4.84 Å². The quantitative estimate of drug-likeness (QED) is 0.639. The molecule has 2 amide bonds. The second kappa shape index (κ2) is 6.83. The third kappa shape index (κ3) is 2.80. The van der Waals surface area contributed by atoms with Crippen LogP contribution in [0.25, 0.3) is 0 Å². The zero-order valence-corrected chi connectivity index (χ0v) is 15.3. The first-order valence-corrected chi connectivity index (χ1v) is 9.34. The molecule has 3 atom stereocenters. The van der Waals surface area contributed by atoms with E-state index in [0.717, 1.165) is 0 Å². The number of benzene rings is 3. The molecule has 3 unspecified atom stereocenters. The molecule has 144 valence electrons. The average molecular weight is 388 g/mol. The molecular formula is C23H17FN2O3. The van der Waals surface area contributed by atoms with Gasteiger partial charge >= 0.3 is 0 Å². The molecule has 2 saturated heterocycles. The Balaban J connectivity index is 1.60. The van der Waals surface area contributed by atoms with E-state index in [-0.39, 0.29) is 5.91 Å². The van der Waals surface area contributed by atoms with Crippen molar-refractivity contribution in [3.8, 4) is 0 Å². The number of rotatable bonds is 3. The van der Waals surface area contributed by atoms with Crippen LogP contribution >= 0.6 is 0 Å². The summed E-state index contributed by atoms with van der Waals surface area (Å²) in [4.78, 5) is 33.6. The number of fused-ring (bicyclic) bond motifs is 1. The lowest BCUT2D eigenvalue weighted by Crippen LogP contribution is -2.37. The van der Waals surface area contributed by atoms with Crippen LogP contribution in [0.15, 0.2) is 84.9 Å². The van der Waals surface area contributed by atoms with Gasteiger partial charge < -0.3 is 0 Å². The van der Waals surface area contributed by atoms with Crippen molar-refractivity contribution in [2.24, 2.45) is 5.92 Å². The van der Waals surface area contributed by atoms with E-state index in [1.54, 1.807) is 41.5 Å². The SMILES string of the molecule is O=C1C2ON(c3ccccc3)C(c3cccc(F)c3)C2C(=O)N1c1ccccc1. The summed E-state index contributed by atoms with van der Waals surface area (Å²) in [7, 11) is 0. The first-order chi connectivity index (χ1) is 14.1. The molecular weight excluding hydrogens is 371 g/mol. The van der Waals surface area contributed by atoms with E-state index < -0.39 is 29.8 Å². The Morgan fingerprint density at radius 3 is 2.07 bits per heavy atom. The fourth-order valence-corrected chi connectivity index (χ4v) is 4.07. The predicted molar refractivity (Wildman–Crippen MR) is 105 cm³/mol. The fourth-order valence-electron chi connectivity index (χ4n) is 4.07. The molecule has 5 rings (SSSR count). The summed E-state index contributed by atoms with van der Waals surface area (Å²) in [6.07, 6.45) is -0.962. The minimum absolute atomic E-state index is 0.348. The zero-order chi connectivity index (χ0) is 20.0. The second-order valence-corrected chi connectivity index (χ2v) is 7.06. The smallest absolute Gasteiger partial charge is 0.266 e. The van der Waals surface area contributed by atoms with Gasteiger partial charge in [0.25, 0.3) is 5.91 Å². The van der Waals surface area contributed by atoms with Gasteiger partial charge in [0.1, 0.15) is 11.7 Å². The van der Waals surface area contributed by atoms with Crippen molar-refractivity contribution < 1.29 is 18.8 Å². The number of hydrogen-bond acceptors (Lipinski definition) is 4. The molecule has 0 aliphatic carbocycles. The van der Waals surface area contributed by atoms with E-state index in [1.165, 1.54) is 17.0 Å². The molecule has 0 saturated carbocycles. The third-order valence-electron chi connectivity index (χ3n) is 5.33. The van der Waals surface area contributed by atoms with Crippen LogP contribution < -0.4 is 9.96 Å². The second-order valence-electron chi connectivity index (χ2n) is 7.06. The fraction of sp³-hybridized carbons (Fsp3) is 0.130. The first kappa shape index (κ1) is 17.6. The van der Waals surface area contributed by atoms with E-state index in [2.05, 4.69) is 0 Å². The van der Waals surface area contributed by atoms with Crippen LogP contribution in [0.1, 0.15) is 11.6 Å². The average Bonchev–Trinajstić information content (AvgIpc) is 3.26. The largest absolute Gasteiger partial charge is 0.273 e. The van der Waals surface area contributed by atoms with Crippen LogP contribution in [-0.4, -0.2) is 17.9 Å². The highest BCUT2D eigenvalue weighted by atomic mass is 19.1. The number of para-hydroxylation sites is 2. The van der Waals surface area contributed by atoms with Crippen molar-refractivity contribution in [2.45, 2.75) is 12.1 Å². The number of hydrogen-bond donors (Lipinski definition) is 0. The van der Waals surface area contributed by atoms with Crippen LogP contribution in [0.4, 0.5) is 15.8 Å². The number of anilines is 2. The van der Waals surface area contributed by atoms with Crippen molar-refractivity contribution in [1.82, 2.24) is 0 Å². The normalized spacial score (nSPS) is 23.6. The highest BCUT2D eigenvalue weighted by Crippen LogP contribution is 2.47. The molecule has 5 nitrogen and oxygen atoms in total. The molecule has 2 aliphatic heterocycles. The Bertz CT molecular complexity index is 1070. The molecule has 29 heavy (non-hydrogen) atoms. The summed E-state index contributed by atoms with van der Waals surface area (Å²) < 4.78 is 14.0. The standard InChI is InChI=1S/C23H17FN2O3/c24-16-9-7-8-15(14-16)20-19-21(29-26(20)18-12-5-2-6-13-18)23(28)25(22(19)27)17-10-3-1-4-11-17/h1-14,19-21H. The Kier molecular flexibility index (Phi) is 4.14. The number of imide groups is 1. The van der Waals surface area contributed by atoms with Crippen molar-refractivity contribution in [1.29, 1.82) is 0 Å². The van der Waals surface area contributed by atoms with E-state index in [0.29, 0.717) is 16.9 Å². The number of amides is 2. The van der Waals surface area contributed by atoms with Crippen molar-refractivity contribution >= 4 is 23.2 Å². The number of hydroxylamine groups is 1. The lowest BCUT2D eigenvalue weighted by molar-refractivity contribution is -0.126. The summed E-state index contributed by atoms with van der Waals surface area (Å²) in [6.45, 7) is 0. The van der Waals surface area contributed by atoms with E-state index >= 15 is 0 Å². The topological polar surface area (TPSA) is 49.9 Å². The van der Waals surface area contributed by atoms with Gasteiger partial charge in [-0.2, -0.15) is 0 Å². The van der Waals surface area contributed by atoms with Gasteiger partial charge in [0, 0.05) is 0 Å². The summed E-state index contributed by atoms with van der Waals surface area (Å²) >= 11 is 0. The lowest BCUT2D eigenvalue weighted by atomic mass is 9.90. The maximum Gasteiger partial charge on any atom is 0.266 e. The van der Waals surface area contributed by atoms with E-state index in [9.17, 15) is 14.0 Å². The number of carbonyl (C=O) groups is 2. The van der Waals surface area contributed by atoms with Gasteiger partial charge in [-0.3, -0.25) is 14.4 Å². The maximum atomic E-state index is 14.0. The van der Waals surface area contributed by atoms with Crippen LogP contribution in [0, 0.1) is 11.7 Å². The van der Waals surface area contributed by atoms with Crippen molar-refractivity contribution in [3.05, 3.63) is 96.3 Å². The highest BCUT2D eigenvalue weighted by molar-refractivity contribution is 6.23. The van der Waals surface area contributed by atoms with Crippen LogP contribution in [0.3, 0.4) is 0 Å². The van der Waals surface area contributed by atoms with Crippen molar-refractivity contribution in [2.75, 3.05) is 9.96 Å². The van der Waals surface area contributed by atoms with Gasteiger partial charge in [-0.25, -0.2) is 14.4 Å². The predicted octanol–water partition coefficient (Wildman–Crippen LogP) is 3.88. The Labute approximate surface area is 166 Å². The zero-order valence-electron chi connectivity index (χ0n) is 15.3. The maximum absolute atomic E-state index is 14.0. The van der Waals surface area contributed by atoms with Gasteiger partial charge in [-0.1, -0.05) is 48.5 Å². The number of halogens is 1. The first-order valence-electron chi connectivity index (χ1n) is 9.34. The minimum Gasteiger partial charge on any atom is -0.273 e. The molecule has 0 spiro atoms. The summed E-state index contributed by atoms with van der Waals surface area (Å²) in [5, 5.41) is 1.56. The Morgan fingerprint density at radius 2 is 1.41 bits per heavy atom. The van der Waals surface area contributed by atoms with Crippen LogP contribution in [0.5, 0.6) is 0 Å². The lowest BCUT2D eigenvalue weighted by Gasteiger charge is -2.28. The molecule has 3 aromatic carbocycles. The van der Waals surface area contributed by atoms with Crippen LogP contribution in [0.2, 0.25) is 0 Å². The van der Waals surface area contributed by atoms with Gasteiger partial charge in [0.05, 0.1) is 17.4 Å². The van der Waals surface area contributed by atoms with Gasteiger partial charge in [-0.15, -0.1) is 0 Å². The Hall–Kier alpha value is -3.51. The summed E-state index contributed by atoms with van der Waals surface area (Å²) in [6, 6.07) is 23.4. The molecule has 0 N–H and O–H groups in total. The molecule has 0 bridgehead atoms. The Morgan fingerprint density at radius 1 is 0.759 bits per heavy atom. The van der Waals surface area contributed by atoms with Gasteiger partial charge in [-0.05, 0) is 42.0 Å². The third-order valence-corrected chi connectivity index (χ3v) is 5.33. The van der Waals surface area contributed by atoms with Crippen molar-refractivity contribution in [3.63, 3.8) is 0 Å². The minimum atomic E-state index is -0.962. The summed E-state index contributed by atoms with van der Waals surface area (Å²) in [5.74, 6) is -1.94. The number of nitrogens with zero attached hydrogens (tertiary/aromatic N) is 2. The van der Waals surface area contributed by atoms with Crippen LogP contribution in [-0.2, 0) is 14.4 Å². The monoisotopic (exact) mass is 388 g/mol. The molecule has 2 heterocycles. The summed E-state index contributed by atoms with van der Waals surface area (Å²) in [5.41, 5.74) is 1.78. The molecule has 0 radical (unpaired) electrons. The molecule has 2 fully saturated rings. The van der Waals surface area contributed by atoms with Gasteiger partial charge in [0.2, 0.25) is 5.91 Å². The highest BCUT2D eigenvalue weighted by Gasteiger charge is 2.60. The molecule has 3 aromatic rings. The van der Waals surface area contributed by atoms with E-state index in [1.807, 2.05) is 36.4 Å². The molecule has 0 aromatic heterocycles.